The fourth-order valence-electron chi connectivity index (χ4n) is 1.20. The molecule has 0 aliphatic heterocycles. The molecule has 0 aliphatic rings. The zero-order valence-electron chi connectivity index (χ0n) is 7.77. The topological polar surface area (TPSA) is 60.2 Å². The first kappa shape index (κ1) is 11.1. The third-order valence-electron chi connectivity index (χ3n) is 1.86. The molecule has 5 heteroatoms. The van der Waals surface area contributed by atoms with Gasteiger partial charge in [-0.1, -0.05) is 18.2 Å². The minimum absolute atomic E-state index is 0.0120. The van der Waals surface area contributed by atoms with Crippen LogP contribution in [0.5, 0.6) is 0 Å². The van der Waals surface area contributed by atoms with Gasteiger partial charge in [0.15, 0.2) is 9.84 Å². The summed E-state index contributed by atoms with van der Waals surface area (Å²) in [7, 11) is -3.38. The van der Waals surface area contributed by atoms with E-state index in [1.54, 1.807) is 12.1 Å². The van der Waals surface area contributed by atoms with Gasteiger partial charge in [-0.3, -0.25) is 0 Å². The molecule has 14 heavy (non-hydrogen) atoms. The van der Waals surface area contributed by atoms with Gasteiger partial charge in [-0.05, 0) is 6.07 Å². The van der Waals surface area contributed by atoms with Gasteiger partial charge in [0.05, 0.1) is 4.90 Å². The summed E-state index contributed by atoms with van der Waals surface area (Å²) in [4.78, 5) is 0.0120. The molecule has 0 radical (unpaired) electrons. The smallest absolute Gasteiger partial charge is 0.175 e. The van der Waals surface area contributed by atoms with Gasteiger partial charge in [-0.2, -0.15) is 0 Å². The van der Waals surface area contributed by atoms with Gasteiger partial charge in [0.25, 0.3) is 0 Å². The lowest BCUT2D eigenvalue weighted by Gasteiger charge is -2.10. The Hall–Kier alpha value is -0.940. The van der Waals surface area contributed by atoms with Crippen LogP contribution < -0.4 is 5.73 Å². The maximum Gasteiger partial charge on any atom is 0.175 e. The number of alkyl halides is 1. The van der Waals surface area contributed by atoms with Crippen molar-refractivity contribution in [1.82, 2.24) is 0 Å². The molecule has 0 saturated carbocycles. The van der Waals surface area contributed by atoms with E-state index in [1.807, 2.05) is 0 Å². The van der Waals surface area contributed by atoms with Gasteiger partial charge < -0.3 is 5.73 Å². The molecule has 1 unspecified atom stereocenters. The number of rotatable bonds is 3. The van der Waals surface area contributed by atoms with E-state index in [4.69, 9.17) is 5.73 Å². The molecule has 0 bridgehead atoms. The number of benzene rings is 1. The van der Waals surface area contributed by atoms with E-state index in [0.29, 0.717) is 0 Å². The van der Waals surface area contributed by atoms with Crippen LogP contribution in [0.3, 0.4) is 0 Å². The lowest BCUT2D eigenvalue weighted by atomic mass is 10.1. The summed E-state index contributed by atoms with van der Waals surface area (Å²) in [5.74, 6) is 0. The third kappa shape index (κ3) is 2.30. The molecule has 0 saturated heterocycles. The summed E-state index contributed by atoms with van der Waals surface area (Å²) in [6.07, 6.45) is -0.379. The Bertz CT molecular complexity index is 417. The highest BCUT2D eigenvalue weighted by molar-refractivity contribution is 7.90. The minimum Gasteiger partial charge on any atom is -0.327 e. The van der Waals surface area contributed by atoms with E-state index in [0.717, 1.165) is 6.26 Å². The van der Waals surface area contributed by atoms with Gasteiger partial charge in [-0.25, -0.2) is 12.8 Å². The van der Waals surface area contributed by atoms with Crippen molar-refractivity contribution in [1.29, 1.82) is 0 Å². The van der Waals surface area contributed by atoms with Crippen molar-refractivity contribution < 1.29 is 12.8 Å². The van der Waals surface area contributed by atoms with Gasteiger partial charge in [0.1, 0.15) is 6.17 Å². The van der Waals surface area contributed by atoms with Crippen molar-refractivity contribution in [3.8, 4) is 0 Å². The Kier molecular flexibility index (Phi) is 3.23. The van der Waals surface area contributed by atoms with E-state index in [-0.39, 0.29) is 17.0 Å². The monoisotopic (exact) mass is 217 g/mol. The summed E-state index contributed by atoms with van der Waals surface area (Å²) in [6.45, 7) is -0.216. The van der Waals surface area contributed by atoms with E-state index in [2.05, 4.69) is 0 Å². The van der Waals surface area contributed by atoms with Crippen LogP contribution in [0.15, 0.2) is 29.2 Å². The predicted molar refractivity (Wildman–Crippen MR) is 52.5 cm³/mol. The summed E-state index contributed by atoms with van der Waals surface area (Å²) in [6, 6.07) is 5.97. The van der Waals surface area contributed by atoms with E-state index >= 15 is 0 Å². The highest BCUT2D eigenvalue weighted by Crippen LogP contribution is 2.24. The Morgan fingerprint density at radius 3 is 2.50 bits per heavy atom. The Labute approximate surface area is 82.7 Å². The van der Waals surface area contributed by atoms with Crippen molar-refractivity contribution >= 4 is 9.84 Å². The normalized spacial score (nSPS) is 13.9. The molecule has 1 aromatic rings. The van der Waals surface area contributed by atoms with Crippen LogP contribution in [0.1, 0.15) is 11.7 Å². The fourth-order valence-corrected chi connectivity index (χ4v) is 2.15. The Balaban J connectivity index is 3.30. The van der Waals surface area contributed by atoms with Crippen molar-refractivity contribution in [2.45, 2.75) is 11.1 Å². The average Bonchev–Trinajstić information content (AvgIpc) is 2.15. The molecule has 78 valence electrons. The molecule has 1 aromatic carbocycles. The second kappa shape index (κ2) is 4.06. The molecule has 0 spiro atoms. The quantitative estimate of drug-likeness (QED) is 0.823. The SMILES string of the molecule is CS(=O)(=O)c1ccccc1C(F)CN. The summed E-state index contributed by atoms with van der Waals surface area (Å²) >= 11 is 0. The Morgan fingerprint density at radius 2 is 2.00 bits per heavy atom. The average molecular weight is 217 g/mol. The van der Waals surface area contributed by atoms with Crippen molar-refractivity contribution in [2.75, 3.05) is 12.8 Å². The van der Waals surface area contributed by atoms with E-state index in [9.17, 15) is 12.8 Å². The highest BCUT2D eigenvalue weighted by atomic mass is 32.2. The van der Waals surface area contributed by atoms with Gasteiger partial charge in [0.2, 0.25) is 0 Å². The maximum atomic E-state index is 13.3. The zero-order chi connectivity index (χ0) is 10.8. The molecular weight excluding hydrogens is 205 g/mol. The molecule has 0 aliphatic carbocycles. The van der Waals surface area contributed by atoms with Gasteiger partial charge in [-0.15, -0.1) is 0 Å². The first-order chi connectivity index (χ1) is 6.46. The van der Waals surface area contributed by atoms with E-state index in [1.165, 1.54) is 12.1 Å². The van der Waals surface area contributed by atoms with Crippen LogP contribution in [-0.4, -0.2) is 21.2 Å². The first-order valence-corrected chi connectivity index (χ1v) is 5.99. The molecule has 0 amide bonds. The second-order valence-corrected chi connectivity index (χ2v) is 5.00. The zero-order valence-corrected chi connectivity index (χ0v) is 8.59. The van der Waals surface area contributed by atoms with Gasteiger partial charge >= 0.3 is 0 Å². The lowest BCUT2D eigenvalue weighted by molar-refractivity contribution is 0.347. The number of nitrogens with two attached hydrogens (primary N) is 1. The number of hydrogen-bond acceptors (Lipinski definition) is 3. The second-order valence-electron chi connectivity index (χ2n) is 3.01. The van der Waals surface area contributed by atoms with Crippen LogP contribution in [0.25, 0.3) is 0 Å². The summed E-state index contributed by atoms with van der Waals surface area (Å²) in [5.41, 5.74) is 5.28. The van der Waals surface area contributed by atoms with Crippen LogP contribution in [0.2, 0.25) is 0 Å². The van der Waals surface area contributed by atoms with Crippen LogP contribution in [0.4, 0.5) is 4.39 Å². The number of hydrogen-bond donors (Lipinski definition) is 1. The third-order valence-corrected chi connectivity index (χ3v) is 3.03. The number of sulfone groups is 1. The van der Waals surface area contributed by atoms with Crippen LogP contribution >= 0.6 is 0 Å². The summed E-state index contributed by atoms with van der Waals surface area (Å²) in [5, 5.41) is 0. The molecule has 0 fully saturated rings. The van der Waals surface area contributed by atoms with Crippen LogP contribution in [0, 0.1) is 0 Å². The molecule has 1 rings (SSSR count). The van der Waals surface area contributed by atoms with Gasteiger partial charge in [0, 0.05) is 18.4 Å². The Morgan fingerprint density at radius 1 is 1.43 bits per heavy atom. The molecule has 3 nitrogen and oxygen atoms in total. The number of halogens is 1. The maximum absolute atomic E-state index is 13.3. The van der Waals surface area contributed by atoms with Crippen molar-refractivity contribution in [3.05, 3.63) is 29.8 Å². The van der Waals surface area contributed by atoms with Crippen molar-refractivity contribution in [3.63, 3.8) is 0 Å². The largest absolute Gasteiger partial charge is 0.327 e. The molecule has 1 atom stereocenters. The first-order valence-electron chi connectivity index (χ1n) is 4.10. The predicted octanol–water partition coefficient (Wildman–Crippen LogP) is 1.06. The van der Waals surface area contributed by atoms with Crippen molar-refractivity contribution in [2.24, 2.45) is 5.73 Å². The molecule has 0 heterocycles. The molecule has 2 N–H and O–H groups in total. The molecule has 0 aromatic heterocycles. The highest BCUT2D eigenvalue weighted by Gasteiger charge is 2.18. The van der Waals surface area contributed by atoms with E-state index < -0.39 is 16.0 Å². The summed E-state index contributed by atoms with van der Waals surface area (Å²) < 4.78 is 35.8. The molecular formula is C9H12FNO2S. The minimum atomic E-state index is -3.38. The van der Waals surface area contributed by atoms with Crippen LogP contribution in [-0.2, 0) is 9.84 Å². The standard InChI is InChI=1S/C9H12FNO2S/c1-14(12,13)9-5-3-2-4-7(9)8(10)6-11/h2-5,8H,6,11H2,1H3. The fraction of sp³-hybridized carbons (Fsp3) is 0.333. The lowest BCUT2D eigenvalue weighted by Crippen LogP contribution is -2.11.